The minimum atomic E-state index is 0.0780. The number of thioether (sulfide) groups is 1. The highest BCUT2D eigenvalue weighted by molar-refractivity contribution is 7.99. The van der Waals surface area contributed by atoms with E-state index in [9.17, 15) is 4.79 Å². The molecule has 1 N–H and O–H groups in total. The zero-order valence-corrected chi connectivity index (χ0v) is 15.2. The molecule has 0 unspecified atom stereocenters. The van der Waals surface area contributed by atoms with E-state index in [1.165, 1.54) is 11.8 Å². The average Bonchev–Trinajstić information content (AvgIpc) is 3.09. The van der Waals surface area contributed by atoms with Crippen molar-refractivity contribution < 1.29 is 9.90 Å². The first-order chi connectivity index (χ1) is 12.2. The number of aryl methyl sites for hydroxylation is 1. The van der Waals surface area contributed by atoms with Crippen molar-refractivity contribution in [3.63, 3.8) is 0 Å². The van der Waals surface area contributed by atoms with E-state index >= 15 is 0 Å². The highest BCUT2D eigenvalue weighted by Gasteiger charge is 2.26. The fraction of sp³-hybridized carbons (Fsp3) is 0.529. The Labute approximate surface area is 151 Å². The van der Waals surface area contributed by atoms with Gasteiger partial charge in [0.25, 0.3) is 0 Å². The van der Waals surface area contributed by atoms with Crippen molar-refractivity contribution in [2.75, 3.05) is 25.4 Å². The van der Waals surface area contributed by atoms with Gasteiger partial charge < -0.3 is 10.0 Å². The predicted octanol–water partition coefficient (Wildman–Crippen LogP) is 1.47. The summed E-state index contributed by atoms with van der Waals surface area (Å²) in [6.07, 6.45) is 5.62. The van der Waals surface area contributed by atoms with E-state index in [1.54, 1.807) is 10.9 Å². The third kappa shape index (κ3) is 4.79. The Morgan fingerprint density at radius 1 is 1.44 bits per heavy atom. The summed E-state index contributed by atoms with van der Waals surface area (Å²) < 4.78 is 1.75. The van der Waals surface area contributed by atoms with Crippen LogP contribution in [0.2, 0.25) is 0 Å². The quantitative estimate of drug-likeness (QED) is 0.620. The maximum Gasteiger partial charge on any atom is 0.233 e. The molecule has 0 saturated carbocycles. The molecule has 3 heterocycles. The Morgan fingerprint density at radius 2 is 2.32 bits per heavy atom. The number of likely N-dealkylation sites (tertiary alicyclic amines) is 1. The van der Waals surface area contributed by atoms with Crippen LogP contribution in [0.25, 0.3) is 0 Å². The molecule has 2 aromatic rings. The van der Waals surface area contributed by atoms with Crippen LogP contribution in [-0.2, 0) is 11.3 Å². The summed E-state index contributed by atoms with van der Waals surface area (Å²) in [5, 5.41) is 14.2. The molecule has 0 aromatic carbocycles. The highest BCUT2D eigenvalue weighted by atomic mass is 32.2. The number of hydrogen-bond acceptors (Lipinski definition) is 6. The number of nitrogens with zero attached hydrogens (tertiary/aromatic N) is 5. The minimum absolute atomic E-state index is 0.0780. The van der Waals surface area contributed by atoms with Crippen molar-refractivity contribution in [1.82, 2.24) is 24.6 Å². The number of aromatic nitrogens is 4. The van der Waals surface area contributed by atoms with Crippen LogP contribution >= 0.6 is 11.8 Å². The lowest BCUT2D eigenvalue weighted by Crippen LogP contribution is -2.40. The molecule has 1 amide bonds. The molecule has 3 rings (SSSR count). The second-order valence-electron chi connectivity index (χ2n) is 6.18. The highest BCUT2D eigenvalue weighted by Crippen LogP contribution is 2.26. The summed E-state index contributed by atoms with van der Waals surface area (Å²) in [6, 6.07) is 3.83. The van der Waals surface area contributed by atoms with Crippen LogP contribution in [0.5, 0.6) is 0 Å². The van der Waals surface area contributed by atoms with E-state index in [-0.39, 0.29) is 18.4 Å². The maximum atomic E-state index is 12.5. The van der Waals surface area contributed by atoms with E-state index in [0.29, 0.717) is 24.0 Å². The molecule has 1 atom stereocenters. The van der Waals surface area contributed by atoms with Gasteiger partial charge in [-0.05, 0) is 31.9 Å². The Hall–Kier alpha value is -1.93. The van der Waals surface area contributed by atoms with Gasteiger partial charge in [-0.3, -0.25) is 9.48 Å². The van der Waals surface area contributed by atoms with Crippen LogP contribution in [0.1, 0.15) is 30.1 Å². The second kappa shape index (κ2) is 8.44. The fourth-order valence-electron chi connectivity index (χ4n) is 2.98. The molecular formula is C17H23N5O2S. The van der Waals surface area contributed by atoms with E-state index in [4.69, 9.17) is 5.11 Å². The molecule has 1 saturated heterocycles. The Balaban J connectivity index is 1.55. The molecule has 1 fully saturated rings. The standard InChI is InChI=1S/C17H23N5O2S/c1-13-4-6-18-17(19-13)25-12-16(24)21-7-2-3-14(11-21)15-5-8-22(20-15)9-10-23/h4-6,8,14,23H,2-3,7,9-12H2,1H3/t14-/m0/s1. The number of amides is 1. The van der Waals surface area contributed by atoms with Crippen molar-refractivity contribution in [2.45, 2.75) is 37.4 Å². The molecule has 0 aliphatic carbocycles. The van der Waals surface area contributed by atoms with Crippen molar-refractivity contribution >= 4 is 17.7 Å². The molecule has 0 bridgehead atoms. The summed E-state index contributed by atoms with van der Waals surface area (Å²) in [5.74, 6) is 0.738. The van der Waals surface area contributed by atoms with E-state index in [2.05, 4.69) is 15.1 Å². The van der Waals surface area contributed by atoms with Gasteiger partial charge in [-0.1, -0.05) is 11.8 Å². The third-order valence-corrected chi connectivity index (χ3v) is 5.13. The molecule has 134 valence electrons. The first-order valence-electron chi connectivity index (χ1n) is 8.50. The monoisotopic (exact) mass is 361 g/mol. The van der Waals surface area contributed by atoms with Gasteiger partial charge in [-0.2, -0.15) is 5.10 Å². The number of carbonyl (C=O) groups excluding carboxylic acids is 1. The van der Waals surface area contributed by atoms with Gasteiger partial charge in [-0.25, -0.2) is 9.97 Å². The topological polar surface area (TPSA) is 84.1 Å². The Kier molecular flexibility index (Phi) is 6.04. The van der Waals surface area contributed by atoms with Gasteiger partial charge in [0.2, 0.25) is 5.91 Å². The average molecular weight is 361 g/mol. The van der Waals surface area contributed by atoms with Crippen molar-refractivity contribution in [3.8, 4) is 0 Å². The van der Waals surface area contributed by atoms with E-state index in [1.807, 2.05) is 30.2 Å². The maximum absolute atomic E-state index is 12.5. The summed E-state index contributed by atoms with van der Waals surface area (Å²) in [4.78, 5) is 23.0. The number of hydrogen-bond donors (Lipinski definition) is 1. The second-order valence-corrected chi connectivity index (χ2v) is 7.12. The zero-order valence-electron chi connectivity index (χ0n) is 14.3. The summed E-state index contributed by atoms with van der Waals surface area (Å²) in [7, 11) is 0. The van der Waals surface area contributed by atoms with Crippen molar-refractivity contribution in [3.05, 3.63) is 35.9 Å². The van der Waals surface area contributed by atoms with Gasteiger partial charge >= 0.3 is 0 Å². The fourth-order valence-corrected chi connectivity index (χ4v) is 3.76. The molecule has 0 radical (unpaired) electrons. The Bertz CT molecular complexity index is 721. The zero-order chi connectivity index (χ0) is 17.6. The van der Waals surface area contributed by atoms with Gasteiger partial charge in [0.15, 0.2) is 5.16 Å². The lowest BCUT2D eigenvalue weighted by Gasteiger charge is -2.32. The number of aliphatic hydroxyl groups excluding tert-OH is 1. The molecule has 8 heteroatoms. The van der Waals surface area contributed by atoms with Crippen LogP contribution in [0.4, 0.5) is 0 Å². The lowest BCUT2D eigenvalue weighted by molar-refractivity contribution is -0.129. The normalized spacial score (nSPS) is 17.7. The largest absolute Gasteiger partial charge is 0.394 e. The lowest BCUT2D eigenvalue weighted by atomic mass is 9.95. The first kappa shape index (κ1) is 17.9. The number of rotatable bonds is 6. The van der Waals surface area contributed by atoms with Gasteiger partial charge in [0, 0.05) is 37.1 Å². The minimum Gasteiger partial charge on any atom is -0.394 e. The van der Waals surface area contributed by atoms with E-state index < -0.39 is 0 Å². The predicted molar refractivity (Wildman–Crippen MR) is 95.4 cm³/mol. The first-order valence-corrected chi connectivity index (χ1v) is 9.48. The summed E-state index contributed by atoms with van der Waals surface area (Å²) in [5.41, 5.74) is 1.90. The molecule has 25 heavy (non-hydrogen) atoms. The summed E-state index contributed by atoms with van der Waals surface area (Å²) >= 11 is 1.38. The number of carbonyl (C=O) groups is 1. The number of aliphatic hydroxyl groups is 1. The van der Waals surface area contributed by atoms with Crippen LogP contribution < -0.4 is 0 Å². The van der Waals surface area contributed by atoms with Crippen LogP contribution in [-0.4, -0.2) is 61.1 Å². The molecule has 7 nitrogen and oxygen atoms in total. The summed E-state index contributed by atoms with van der Waals surface area (Å²) in [6.45, 7) is 3.99. The molecular weight excluding hydrogens is 338 g/mol. The van der Waals surface area contributed by atoms with Gasteiger partial charge in [-0.15, -0.1) is 0 Å². The van der Waals surface area contributed by atoms with Crippen LogP contribution in [0.15, 0.2) is 29.7 Å². The molecule has 0 spiro atoms. The molecule has 1 aliphatic heterocycles. The smallest absolute Gasteiger partial charge is 0.233 e. The van der Waals surface area contributed by atoms with Crippen molar-refractivity contribution in [1.29, 1.82) is 0 Å². The van der Waals surface area contributed by atoms with Gasteiger partial charge in [0.1, 0.15) is 0 Å². The third-order valence-electron chi connectivity index (χ3n) is 4.28. The van der Waals surface area contributed by atoms with Crippen LogP contribution in [0.3, 0.4) is 0 Å². The van der Waals surface area contributed by atoms with Gasteiger partial charge in [0.05, 0.1) is 24.6 Å². The van der Waals surface area contributed by atoms with Crippen LogP contribution in [0, 0.1) is 6.92 Å². The SMILES string of the molecule is Cc1ccnc(SCC(=O)N2CCC[C@H](c3ccn(CCO)n3)C2)n1. The Morgan fingerprint density at radius 3 is 3.12 bits per heavy atom. The molecule has 1 aliphatic rings. The van der Waals surface area contributed by atoms with Crippen molar-refractivity contribution in [2.24, 2.45) is 0 Å². The van der Waals surface area contributed by atoms with E-state index in [0.717, 1.165) is 30.8 Å². The molecule has 2 aromatic heterocycles. The number of piperidine rings is 1.